The van der Waals surface area contributed by atoms with E-state index < -0.39 is 11.9 Å². The molecule has 6 nitrogen and oxygen atoms in total. The van der Waals surface area contributed by atoms with Crippen LogP contribution in [0, 0.1) is 12.8 Å². The molecule has 0 N–H and O–H groups in total. The summed E-state index contributed by atoms with van der Waals surface area (Å²) in [5, 5.41) is 1.36. The number of hydrogen-bond acceptors (Lipinski definition) is 5. The third-order valence-electron chi connectivity index (χ3n) is 5.42. The van der Waals surface area contributed by atoms with E-state index in [2.05, 4.69) is 4.98 Å². The zero-order valence-electron chi connectivity index (χ0n) is 15.4. The van der Waals surface area contributed by atoms with Gasteiger partial charge in [0.1, 0.15) is 0 Å². The monoisotopic (exact) mass is 412 g/mol. The van der Waals surface area contributed by atoms with E-state index in [1.807, 2.05) is 6.92 Å². The van der Waals surface area contributed by atoms with E-state index in [0.717, 1.165) is 33.5 Å². The molecule has 2 aromatic heterocycles. The van der Waals surface area contributed by atoms with Crippen LogP contribution in [-0.2, 0) is 31.1 Å². The van der Waals surface area contributed by atoms with E-state index in [4.69, 9.17) is 0 Å². The van der Waals surface area contributed by atoms with Crippen molar-refractivity contribution in [1.29, 1.82) is 0 Å². The number of aryl methyl sites for hydroxylation is 1. The second-order valence-electron chi connectivity index (χ2n) is 7.39. The van der Waals surface area contributed by atoms with Crippen LogP contribution in [0.1, 0.15) is 28.9 Å². The van der Waals surface area contributed by atoms with Crippen LogP contribution in [0.4, 0.5) is 18.3 Å². The smallest absolute Gasteiger partial charge is 0.347 e. The van der Waals surface area contributed by atoms with Gasteiger partial charge in [-0.2, -0.15) is 13.2 Å². The number of rotatable bonds is 3. The highest BCUT2D eigenvalue weighted by Crippen LogP contribution is 2.36. The minimum absolute atomic E-state index is 0.00261. The second kappa shape index (κ2) is 6.61. The zero-order chi connectivity index (χ0) is 20.2. The third kappa shape index (κ3) is 3.30. The number of carbonyl (C=O) groups excluding carboxylic acids is 1. The highest BCUT2D eigenvalue weighted by atomic mass is 32.1. The molecule has 1 amide bonds. The zero-order valence-corrected chi connectivity index (χ0v) is 16.2. The molecule has 1 fully saturated rings. The fraction of sp³-hybridized carbons (Fsp3) is 0.500. The number of aromatic nitrogens is 2. The number of fused-ring (bicyclic) bond motifs is 1. The molecule has 0 unspecified atom stereocenters. The molecule has 0 bridgehead atoms. The highest BCUT2D eigenvalue weighted by molar-refractivity contribution is 7.13. The van der Waals surface area contributed by atoms with Crippen molar-refractivity contribution in [2.45, 2.75) is 32.6 Å². The van der Waals surface area contributed by atoms with Crippen molar-refractivity contribution in [2.75, 3.05) is 18.0 Å². The Labute approximate surface area is 163 Å². The fourth-order valence-corrected chi connectivity index (χ4v) is 4.58. The molecule has 2 aliphatic rings. The molecule has 0 radical (unpaired) electrons. The Morgan fingerprint density at radius 1 is 1.32 bits per heavy atom. The largest absolute Gasteiger partial charge is 0.434 e. The lowest BCUT2D eigenvalue weighted by Crippen LogP contribution is -2.48. The molecule has 2 aliphatic heterocycles. The van der Waals surface area contributed by atoms with Crippen molar-refractivity contribution in [3.8, 4) is 0 Å². The molecule has 150 valence electrons. The van der Waals surface area contributed by atoms with Crippen LogP contribution in [0.25, 0.3) is 0 Å². The highest BCUT2D eigenvalue weighted by Gasteiger charge is 2.37. The van der Waals surface area contributed by atoms with Gasteiger partial charge >= 0.3 is 6.18 Å². The third-order valence-corrected chi connectivity index (χ3v) is 6.32. The first-order valence-electron chi connectivity index (χ1n) is 8.87. The summed E-state index contributed by atoms with van der Waals surface area (Å²) < 4.78 is 39.6. The number of amides is 1. The summed E-state index contributed by atoms with van der Waals surface area (Å²) in [6, 6.07) is 1.58. The number of hydrogen-bond donors (Lipinski definition) is 0. The van der Waals surface area contributed by atoms with Crippen molar-refractivity contribution < 1.29 is 18.0 Å². The minimum Gasteiger partial charge on any atom is -0.347 e. The number of alkyl halides is 3. The van der Waals surface area contributed by atoms with Gasteiger partial charge in [0.15, 0.2) is 10.8 Å². The molecule has 10 heteroatoms. The molecule has 0 aliphatic carbocycles. The molecule has 0 atom stereocenters. The Bertz CT molecular complexity index is 992. The molecular formula is C18H19F3N4O2S. The number of thiazole rings is 1. The van der Waals surface area contributed by atoms with E-state index in [9.17, 15) is 22.8 Å². The molecular weight excluding hydrogens is 393 g/mol. The first-order chi connectivity index (χ1) is 13.1. The Hall–Kier alpha value is -2.36. The van der Waals surface area contributed by atoms with Crippen molar-refractivity contribution in [1.82, 2.24) is 14.5 Å². The molecule has 0 spiro atoms. The first kappa shape index (κ1) is 19.0. The summed E-state index contributed by atoms with van der Waals surface area (Å²) in [4.78, 5) is 31.7. The summed E-state index contributed by atoms with van der Waals surface area (Å²) in [5.74, 6) is 0.0992. The first-order valence-corrected chi connectivity index (χ1v) is 9.75. The Morgan fingerprint density at radius 2 is 2.04 bits per heavy atom. The summed E-state index contributed by atoms with van der Waals surface area (Å²) in [6.45, 7) is 3.83. The topological polar surface area (TPSA) is 58.4 Å². The molecule has 0 saturated carbocycles. The van der Waals surface area contributed by atoms with Crippen LogP contribution in [-0.4, -0.2) is 33.4 Å². The van der Waals surface area contributed by atoms with Gasteiger partial charge in [0.05, 0.1) is 6.54 Å². The van der Waals surface area contributed by atoms with Gasteiger partial charge in [0, 0.05) is 56.2 Å². The predicted molar refractivity (Wildman–Crippen MR) is 98.1 cm³/mol. The SMILES string of the molecule is Cc1cc(=O)n(C)c2c1CN(C(=O)CC1CN(c3nc(C(F)(F)F)cs3)C1)C2. The molecule has 4 heterocycles. The lowest BCUT2D eigenvalue weighted by molar-refractivity contribution is -0.140. The maximum absolute atomic E-state index is 12.7. The number of carbonyl (C=O) groups is 1. The van der Waals surface area contributed by atoms with E-state index in [0.29, 0.717) is 37.7 Å². The number of pyridine rings is 1. The van der Waals surface area contributed by atoms with E-state index in [1.54, 1.807) is 27.5 Å². The number of anilines is 1. The summed E-state index contributed by atoms with van der Waals surface area (Å²) >= 11 is 0.970. The molecule has 1 saturated heterocycles. The second-order valence-corrected chi connectivity index (χ2v) is 8.22. The van der Waals surface area contributed by atoms with E-state index >= 15 is 0 Å². The lowest BCUT2D eigenvalue weighted by atomic mass is 9.96. The number of halogens is 3. The molecule has 4 rings (SSSR count). The van der Waals surface area contributed by atoms with Gasteiger partial charge in [-0.25, -0.2) is 4.98 Å². The summed E-state index contributed by atoms with van der Waals surface area (Å²) in [7, 11) is 1.71. The number of nitrogens with zero attached hydrogens (tertiary/aromatic N) is 4. The van der Waals surface area contributed by atoms with Crippen molar-refractivity contribution >= 4 is 22.4 Å². The van der Waals surface area contributed by atoms with Gasteiger partial charge in [-0.1, -0.05) is 0 Å². The van der Waals surface area contributed by atoms with Crippen LogP contribution in [0.15, 0.2) is 16.2 Å². The van der Waals surface area contributed by atoms with Crippen molar-refractivity contribution in [3.63, 3.8) is 0 Å². The van der Waals surface area contributed by atoms with Gasteiger partial charge in [0.25, 0.3) is 5.56 Å². The van der Waals surface area contributed by atoms with Crippen LogP contribution in [0.3, 0.4) is 0 Å². The molecule has 28 heavy (non-hydrogen) atoms. The van der Waals surface area contributed by atoms with Gasteiger partial charge < -0.3 is 14.4 Å². The maximum atomic E-state index is 12.7. The normalized spacial score (nSPS) is 17.0. The van der Waals surface area contributed by atoms with E-state index in [-0.39, 0.29) is 17.4 Å². The van der Waals surface area contributed by atoms with Gasteiger partial charge in [-0.15, -0.1) is 11.3 Å². The lowest BCUT2D eigenvalue weighted by Gasteiger charge is -2.39. The van der Waals surface area contributed by atoms with E-state index in [1.165, 1.54) is 0 Å². The van der Waals surface area contributed by atoms with Gasteiger partial charge in [-0.3, -0.25) is 9.59 Å². The minimum atomic E-state index is -4.43. The standard InChI is InChI=1S/C18H19F3N4O2S/c1-10-3-15(26)23(2)13-8-24(7-12(10)13)16(27)4-11-5-25(6-11)17-22-14(9-28-17)18(19,20)21/h3,9,11H,4-8H2,1-2H3. The van der Waals surface area contributed by atoms with Crippen LogP contribution in [0.2, 0.25) is 0 Å². The average Bonchev–Trinajstić information content (AvgIpc) is 3.22. The average molecular weight is 412 g/mol. The molecule has 2 aromatic rings. The Morgan fingerprint density at radius 3 is 2.68 bits per heavy atom. The summed E-state index contributed by atoms with van der Waals surface area (Å²) in [5.41, 5.74) is 1.83. The van der Waals surface area contributed by atoms with Crippen LogP contribution >= 0.6 is 11.3 Å². The molecule has 0 aromatic carbocycles. The summed E-state index contributed by atoms with van der Waals surface area (Å²) in [6.07, 6.45) is -4.09. The van der Waals surface area contributed by atoms with Crippen LogP contribution in [0.5, 0.6) is 0 Å². The maximum Gasteiger partial charge on any atom is 0.434 e. The van der Waals surface area contributed by atoms with Gasteiger partial charge in [0.2, 0.25) is 5.91 Å². The van der Waals surface area contributed by atoms with Crippen molar-refractivity contribution in [2.24, 2.45) is 13.0 Å². The van der Waals surface area contributed by atoms with Crippen LogP contribution < -0.4 is 10.5 Å². The fourth-order valence-electron chi connectivity index (χ4n) is 3.72. The Balaban J connectivity index is 1.34. The Kier molecular flexibility index (Phi) is 4.48. The quantitative estimate of drug-likeness (QED) is 0.778. The van der Waals surface area contributed by atoms with Gasteiger partial charge in [-0.05, 0) is 18.1 Å². The predicted octanol–water partition coefficient (Wildman–Crippen LogP) is 2.54. The van der Waals surface area contributed by atoms with Crippen molar-refractivity contribution in [3.05, 3.63) is 44.3 Å².